The van der Waals surface area contributed by atoms with E-state index in [4.69, 9.17) is 14.2 Å². The first-order valence-corrected chi connectivity index (χ1v) is 11.2. The van der Waals surface area contributed by atoms with Crippen LogP contribution in [0.5, 0.6) is 5.75 Å². The summed E-state index contributed by atoms with van der Waals surface area (Å²) in [6.07, 6.45) is 6.75. The highest BCUT2D eigenvalue weighted by atomic mass is 16.6. The highest BCUT2D eigenvalue weighted by molar-refractivity contribution is 5.75. The summed E-state index contributed by atoms with van der Waals surface area (Å²) in [5.74, 6) is 1.81. The Balaban J connectivity index is 1.21. The molecule has 2 saturated carbocycles. The number of benzene rings is 1. The van der Waals surface area contributed by atoms with E-state index in [2.05, 4.69) is 18.3 Å². The van der Waals surface area contributed by atoms with Crippen molar-refractivity contribution >= 4 is 5.97 Å². The molecule has 0 bridgehead atoms. The Morgan fingerprint density at radius 1 is 1.28 bits per heavy atom. The lowest BCUT2D eigenvalue weighted by molar-refractivity contribution is -0.147. The van der Waals surface area contributed by atoms with Gasteiger partial charge in [0.05, 0.1) is 25.2 Å². The molecular weight excluding hydrogens is 366 g/mol. The van der Waals surface area contributed by atoms with Crippen molar-refractivity contribution in [3.8, 4) is 5.75 Å². The van der Waals surface area contributed by atoms with Gasteiger partial charge in [-0.05, 0) is 68.0 Å². The van der Waals surface area contributed by atoms with Gasteiger partial charge >= 0.3 is 5.97 Å². The fourth-order valence-corrected chi connectivity index (χ4v) is 6.58. The minimum absolute atomic E-state index is 0.00203. The molecule has 6 atom stereocenters. The number of hydrogen-bond donors (Lipinski definition) is 1. The van der Waals surface area contributed by atoms with Crippen molar-refractivity contribution in [3.63, 3.8) is 0 Å². The minimum Gasteiger partial charge on any atom is -0.496 e. The summed E-state index contributed by atoms with van der Waals surface area (Å²) in [5.41, 5.74) is 1.58. The zero-order chi connectivity index (χ0) is 20.1. The van der Waals surface area contributed by atoms with Crippen molar-refractivity contribution in [1.82, 2.24) is 5.32 Å². The molecule has 4 fully saturated rings. The van der Waals surface area contributed by atoms with E-state index in [9.17, 15) is 4.79 Å². The Morgan fingerprint density at radius 3 is 2.90 bits per heavy atom. The molecule has 158 valence electrons. The maximum Gasteiger partial charge on any atom is 0.310 e. The summed E-state index contributed by atoms with van der Waals surface area (Å²) < 4.78 is 17.3. The number of methoxy groups -OCH3 is 1. The number of para-hydroxylation sites is 1. The van der Waals surface area contributed by atoms with Crippen LogP contribution >= 0.6 is 0 Å². The summed E-state index contributed by atoms with van der Waals surface area (Å²) in [6, 6.07) is 8.12. The minimum atomic E-state index is -0.0278. The Labute approximate surface area is 173 Å². The van der Waals surface area contributed by atoms with Gasteiger partial charge in [0.2, 0.25) is 0 Å². The van der Waals surface area contributed by atoms with E-state index in [1.807, 2.05) is 18.2 Å². The Kier molecular flexibility index (Phi) is 4.86. The monoisotopic (exact) mass is 399 g/mol. The van der Waals surface area contributed by atoms with Gasteiger partial charge in [-0.25, -0.2) is 0 Å². The molecular formula is C24H33NO4. The van der Waals surface area contributed by atoms with Crippen LogP contribution in [0.25, 0.3) is 0 Å². The van der Waals surface area contributed by atoms with Crippen molar-refractivity contribution < 1.29 is 19.0 Å². The molecule has 2 aliphatic carbocycles. The number of carbonyl (C=O) groups excluding carboxylic acids is 1. The second-order valence-corrected chi connectivity index (χ2v) is 9.87. The second-order valence-electron chi connectivity index (χ2n) is 9.87. The number of fused-ring (bicyclic) bond motifs is 3. The number of epoxide rings is 1. The van der Waals surface area contributed by atoms with E-state index in [0.717, 1.165) is 38.2 Å². The number of ether oxygens (including phenoxy) is 3. The van der Waals surface area contributed by atoms with Gasteiger partial charge in [-0.1, -0.05) is 25.1 Å². The molecule has 4 aliphatic rings. The average Bonchev–Trinajstić information content (AvgIpc) is 3.41. The fourth-order valence-electron chi connectivity index (χ4n) is 6.58. The van der Waals surface area contributed by atoms with Crippen LogP contribution in [-0.2, 0) is 20.7 Å². The largest absolute Gasteiger partial charge is 0.496 e. The van der Waals surface area contributed by atoms with Gasteiger partial charge in [-0.3, -0.25) is 4.79 Å². The van der Waals surface area contributed by atoms with E-state index in [-0.39, 0.29) is 29.0 Å². The predicted octanol–water partition coefficient (Wildman–Crippen LogP) is 3.35. The normalized spacial score (nSPS) is 40.3. The van der Waals surface area contributed by atoms with Crippen LogP contribution in [0.3, 0.4) is 0 Å². The van der Waals surface area contributed by atoms with Crippen LogP contribution in [0, 0.1) is 23.2 Å². The van der Waals surface area contributed by atoms with Crippen LogP contribution in [0.1, 0.15) is 44.6 Å². The fraction of sp³-hybridized carbons (Fsp3) is 0.708. The van der Waals surface area contributed by atoms with Crippen molar-refractivity contribution in [1.29, 1.82) is 0 Å². The molecule has 0 unspecified atom stereocenters. The van der Waals surface area contributed by atoms with Crippen LogP contribution in [0.4, 0.5) is 0 Å². The zero-order valence-corrected chi connectivity index (χ0v) is 17.6. The maximum absolute atomic E-state index is 12.7. The van der Waals surface area contributed by atoms with Crippen molar-refractivity contribution in [2.24, 2.45) is 23.2 Å². The van der Waals surface area contributed by atoms with Gasteiger partial charge in [-0.15, -0.1) is 0 Å². The topological polar surface area (TPSA) is 60.1 Å². The third-order valence-electron chi connectivity index (χ3n) is 8.21. The molecule has 0 amide bonds. The van der Waals surface area contributed by atoms with Gasteiger partial charge in [0.25, 0.3) is 0 Å². The lowest BCUT2D eigenvalue weighted by atomic mass is 9.53. The first-order valence-electron chi connectivity index (χ1n) is 11.2. The number of hydrogen-bond acceptors (Lipinski definition) is 5. The van der Waals surface area contributed by atoms with Gasteiger partial charge in [0.1, 0.15) is 11.9 Å². The summed E-state index contributed by atoms with van der Waals surface area (Å²) in [4.78, 5) is 12.7. The average molecular weight is 400 g/mol. The first-order chi connectivity index (χ1) is 14.0. The van der Waals surface area contributed by atoms with Crippen molar-refractivity contribution in [3.05, 3.63) is 29.8 Å². The van der Waals surface area contributed by atoms with Crippen LogP contribution in [-0.4, -0.2) is 44.5 Å². The lowest BCUT2D eigenvalue weighted by Gasteiger charge is -2.51. The molecule has 1 aromatic rings. The molecule has 5 rings (SSSR count). The summed E-state index contributed by atoms with van der Waals surface area (Å²) >= 11 is 0. The highest BCUT2D eigenvalue weighted by Crippen LogP contribution is 2.62. The number of nitrogens with one attached hydrogen (secondary N) is 1. The molecule has 2 aliphatic heterocycles. The van der Waals surface area contributed by atoms with E-state index in [1.54, 1.807) is 7.11 Å². The van der Waals surface area contributed by atoms with E-state index in [1.165, 1.54) is 24.8 Å². The highest BCUT2D eigenvalue weighted by Gasteiger charge is 2.64. The molecule has 0 radical (unpaired) electrons. The smallest absolute Gasteiger partial charge is 0.310 e. The maximum atomic E-state index is 12.7. The second kappa shape index (κ2) is 7.28. The third kappa shape index (κ3) is 3.36. The van der Waals surface area contributed by atoms with E-state index >= 15 is 0 Å². The molecule has 5 heteroatoms. The molecule has 29 heavy (non-hydrogen) atoms. The van der Waals surface area contributed by atoms with Gasteiger partial charge in [0.15, 0.2) is 0 Å². The molecule has 1 aromatic carbocycles. The van der Waals surface area contributed by atoms with Gasteiger partial charge in [-0.2, -0.15) is 0 Å². The van der Waals surface area contributed by atoms with Crippen LogP contribution < -0.4 is 10.1 Å². The number of esters is 1. The number of rotatable bonds is 6. The Morgan fingerprint density at radius 2 is 2.10 bits per heavy atom. The quantitative estimate of drug-likeness (QED) is 0.452. The van der Waals surface area contributed by atoms with Crippen molar-refractivity contribution in [2.45, 2.75) is 57.2 Å². The van der Waals surface area contributed by atoms with E-state index < -0.39 is 0 Å². The van der Waals surface area contributed by atoms with Gasteiger partial charge in [0, 0.05) is 12.5 Å². The third-order valence-corrected chi connectivity index (χ3v) is 8.21. The molecule has 0 aromatic heterocycles. The number of carbonyl (C=O) groups is 1. The van der Waals surface area contributed by atoms with Crippen LogP contribution in [0.2, 0.25) is 0 Å². The lowest BCUT2D eigenvalue weighted by Crippen LogP contribution is -2.51. The van der Waals surface area contributed by atoms with Crippen LogP contribution in [0.15, 0.2) is 24.3 Å². The summed E-state index contributed by atoms with van der Waals surface area (Å²) in [6.45, 7) is 4.85. The summed E-state index contributed by atoms with van der Waals surface area (Å²) in [5, 5.41) is 3.52. The zero-order valence-electron chi connectivity index (χ0n) is 17.6. The molecule has 2 saturated heterocycles. The van der Waals surface area contributed by atoms with Crippen molar-refractivity contribution in [2.75, 3.05) is 26.8 Å². The SMILES string of the molecule is COc1ccccc1CCNC[C@H]1C(=O)O[C@@H]2C[C@@]3(C)CCC[C@]4(CO4)[C@@H]3C[C@H]21. The first kappa shape index (κ1) is 19.4. The molecule has 5 nitrogen and oxygen atoms in total. The Hall–Kier alpha value is -1.59. The summed E-state index contributed by atoms with van der Waals surface area (Å²) in [7, 11) is 1.71. The molecule has 1 spiro atoms. The van der Waals surface area contributed by atoms with E-state index in [0.29, 0.717) is 18.4 Å². The standard InChI is InChI=1S/C24H33NO4/c1-23-9-5-10-24(15-28-24)21(23)12-17-18(22(26)29-20(17)13-23)14-25-11-8-16-6-3-4-7-19(16)27-2/h3-4,6-7,17-18,20-21,25H,5,8-15H2,1-2H3/t17-,18+,20+,21+,23+,24-/m0/s1. The van der Waals surface area contributed by atoms with Gasteiger partial charge < -0.3 is 19.5 Å². The Bertz CT molecular complexity index is 776. The molecule has 1 N–H and O–H groups in total. The molecule has 2 heterocycles. The predicted molar refractivity (Wildman–Crippen MR) is 110 cm³/mol.